The summed E-state index contributed by atoms with van der Waals surface area (Å²) < 4.78 is 0. The minimum atomic E-state index is -0.943. The number of nitrogens with zero attached hydrogens (tertiary/aromatic N) is 1. The highest BCUT2D eigenvalue weighted by atomic mass is 16.4. The molecule has 1 rings (SSSR count). The standard InChI is InChI=1S/C14H24N2O4/c1-8(2)6-16-7-11(5-12(16)17)13(18)15-10(4)9(3)14(19)20/h8-11H,5-7H2,1-4H3,(H,15,18)(H,19,20). The van der Waals surface area contributed by atoms with E-state index in [1.807, 2.05) is 13.8 Å². The summed E-state index contributed by atoms with van der Waals surface area (Å²) in [7, 11) is 0. The molecule has 0 spiro atoms. The van der Waals surface area contributed by atoms with Gasteiger partial charge in [0.2, 0.25) is 11.8 Å². The largest absolute Gasteiger partial charge is 0.481 e. The lowest BCUT2D eigenvalue weighted by molar-refractivity contribution is -0.142. The summed E-state index contributed by atoms with van der Waals surface area (Å²) in [6, 6.07) is -0.450. The minimum absolute atomic E-state index is 0.00205. The van der Waals surface area contributed by atoms with Gasteiger partial charge in [-0.05, 0) is 19.8 Å². The number of likely N-dealkylation sites (tertiary alicyclic amines) is 1. The average Bonchev–Trinajstić information content (AvgIpc) is 2.69. The van der Waals surface area contributed by atoms with Crippen molar-refractivity contribution in [1.82, 2.24) is 10.2 Å². The average molecular weight is 284 g/mol. The molecule has 3 atom stereocenters. The van der Waals surface area contributed by atoms with Crippen molar-refractivity contribution < 1.29 is 19.5 Å². The van der Waals surface area contributed by atoms with Gasteiger partial charge in [-0.15, -0.1) is 0 Å². The molecule has 1 heterocycles. The van der Waals surface area contributed by atoms with E-state index in [1.165, 1.54) is 0 Å². The highest BCUT2D eigenvalue weighted by molar-refractivity contribution is 5.89. The van der Waals surface area contributed by atoms with Gasteiger partial charge in [0.25, 0.3) is 0 Å². The molecule has 0 radical (unpaired) electrons. The Balaban J connectivity index is 2.53. The smallest absolute Gasteiger partial charge is 0.308 e. The van der Waals surface area contributed by atoms with Crippen molar-refractivity contribution in [3.8, 4) is 0 Å². The first-order valence-corrected chi connectivity index (χ1v) is 7.03. The Morgan fingerprint density at radius 3 is 2.45 bits per heavy atom. The van der Waals surface area contributed by atoms with Gasteiger partial charge in [-0.25, -0.2) is 0 Å². The number of aliphatic carboxylic acids is 1. The molecule has 0 aromatic heterocycles. The second-order valence-electron chi connectivity index (χ2n) is 6.02. The number of rotatable bonds is 6. The summed E-state index contributed by atoms with van der Waals surface area (Å²) in [5.74, 6) is -1.83. The van der Waals surface area contributed by atoms with Crippen molar-refractivity contribution in [3.05, 3.63) is 0 Å². The number of hydrogen-bond acceptors (Lipinski definition) is 3. The molecule has 1 aliphatic rings. The highest BCUT2D eigenvalue weighted by Crippen LogP contribution is 2.19. The van der Waals surface area contributed by atoms with Gasteiger partial charge in [-0.1, -0.05) is 13.8 Å². The first-order valence-electron chi connectivity index (χ1n) is 7.03. The molecule has 6 nitrogen and oxygen atoms in total. The third-order valence-corrected chi connectivity index (χ3v) is 3.68. The van der Waals surface area contributed by atoms with Crippen molar-refractivity contribution in [2.75, 3.05) is 13.1 Å². The molecular formula is C14H24N2O4. The zero-order valence-corrected chi connectivity index (χ0v) is 12.5. The van der Waals surface area contributed by atoms with E-state index in [9.17, 15) is 14.4 Å². The van der Waals surface area contributed by atoms with Crippen molar-refractivity contribution in [2.24, 2.45) is 17.8 Å². The lowest BCUT2D eigenvalue weighted by Crippen LogP contribution is -2.43. The van der Waals surface area contributed by atoms with Gasteiger partial charge in [0.1, 0.15) is 0 Å². The number of amides is 2. The Morgan fingerprint density at radius 2 is 1.95 bits per heavy atom. The maximum absolute atomic E-state index is 12.1. The summed E-state index contributed by atoms with van der Waals surface area (Å²) in [6.07, 6.45) is 0.215. The molecule has 0 aromatic rings. The van der Waals surface area contributed by atoms with Gasteiger partial charge in [0.05, 0.1) is 11.8 Å². The van der Waals surface area contributed by atoms with Crippen molar-refractivity contribution >= 4 is 17.8 Å². The van der Waals surface area contributed by atoms with Crippen molar-refractivity contribution in [3.63, 3.8) is 0 Å². The van der Waals surface area contributed by atoms with Gasteiger partial charge >= 0.3 is 5.97 Å². The van der Waals surface area contributed by atoms with Crippen LogP contribution in [-0.2, 0) is 14.4 Å². The monoisotopic (exact) mass is 284 g/mol. The Bertz CT molecular complexity index is 395. The van der Waals surface area contributed by atoms with Crippen LogP contribution >= 0.6 is 0 Å². The molecule has 1 fully saturated rings. The summed E-state index contributed by atoms with van der Waals surface area (Å²) >= 11 is 0. The SMILES string of the molecule is CC(C)CN1CC(C(=O)NC(C)C(C)C(=O)O)CC1=O. The molecule has 0 aromatic carbocycles. The van der Waals surface area contributed by atoms with Crippen LogP contribution in [0.25, 0.3) is 0 Å². The molecule has 0 saturated carbocycles. The van der Waals surface area contributed by atoms with E-state index in [2.05, 4.69) is 5.32 Å². The predicted molar refractivity (Wildman–Crippen MR) is 73.9 cm³/mol. The van der Waals surface area contributed by atoms with Crippen LogP contribution in [0.4, 0.5) is 0 Å². The maximum atomic E-state index is 12.1. The lowest BCUT2D eigenvalue weighted by Gasteiger charge is -2.21. The lowest BCUT2D eigenvalue weighted by atomic mass is 10.0. The van der Waals surface area contributed by atoms with E-state index in [-0.39, 0.29) is 24.2 Å². The van der Waals surface area contributed by atoms with Crippen LogP contribution < -0.4 is 5.32 Å². The molecule has 1 saturated heterocycles. The zero-order valence-electron chi connectivity index (χ0n) is 12.5. The molecule has 0 bridgehead atoms. The fourth-order valence-corrected chi connectivity index (χ4v) is 2.25. The number of carboxylic acids is 1. The number of hydrogen-bond donors (Lipinski definition) is 2. The topological polar surface area (TPSA) is 86.7 Å². The summed E-state index contributed by atoms with van der Waals surface area (Å²) in [4.78, 5) is 36.4. The second-order valence-corrected chi connectivity index (χ2v) is 6.02. The minimum Gasteiger partial charge on any atom is -0.481 e. The number of carbonyl (C=O) groups excluding carboxylic acids is 2. The fourth-order valence-electron chi connectivity index (χ4n) is 2.25. The molecule has 114 valence electrons. The van der Waals surface area contributed by atoms with Crippen LogP contribution in [0.3, 0.4) is 0 Å². The highest BCUT2D eigenvalue weighted by Gasteiger charge is 2.35. The maximum Gasteiger partial charge on any atom is 0.308 e. The molecule has 3 unspecified atom stereocenters. The third-order valence-electron chi connectivity index (χ3n) is 3.68. The fraction of sp³-hybridized carbons (Fsp3) is 0.786. The molecule has 2 amide bonds. The van der Waals surface area contributed by atoms with Gasteiger partial charge < -0.3 is 15.3 Å². The summed E-state index contributed by atoms with van der Waals surface area (Å²) in [5.41, 5.74) is 0. The Kier molecular flexibility index (Phi) is 5.53. The van der Waals surface area contributed by atoms with E-state index in [0.29, 0.717) is 19.0 Å². The van der Waals surface area contributed by atoms with Gasteiger partial charge in [-0.3, -0.25) is 14.4 Å². The van der Waals surface area contributed by atoms with Crippen molar-refractivity contribution in [2.45, 2.75) is 40.2 Å². The van der Waals surface area contributed by atoms with E-state index in [1.54, 1.807) is 18.7 Å². The van der Waals surface area contributed by atoms with Gasteiger partial charge in [0.15, 0.2) is 0 Å². The van der Waals surface area contributed by atoms with Crippen molar-refractivity contribution in [1.29, 1.82) is 0 Å². The van der Waals surface area contributed by atoms with E-state index in [0.717, 1.165) is 0 Å². The second kappa shape index (κ2) is 6.72. The van der Waals surface area contributed by atoms with Crippen LogP contribution in [0.15, 0.2) is 0 Å². The normalized spacial score (nSPS) is 21.9. The van der Waals surface area contributed by atoms with E-state index >= 15 is 0 Å². The number of nitrogens with one attached hydrogen (secondary N) is 1. The van der Waals surface area contributed by atoms with Crippen LogP contribution in [0.5, 0.6) is 0 Å². The molecule has 2 N–H and O–H groups in total. The Labute approximate surface area is 119 Å². The third kappa shape index (κ3) is 4.21. The van der Waals surface area contributed by atoms with Gasteiger partial charge in [-0.2, -0.15) is 0 Å². The molecule has 0 aliphatic carbocycles. The molecular weight excluding hydrogens is 260 g/mol. The Morgan fingerprint density at radius 1 is 1.35 bits per heavy atom. The van der Waals surface area contributed by atoms with Gasteiger partial charge in [0, 0.05) is 25.6 Å². The molecule has 6 heteroatoms. The molecule has 1 aliphatic heterocycles. The Hall–Kier alpha value is -1.59. The zero-order chi connectivity index (χ0) is 15.4. The van der Waals surface area contributed by atoms with E-state index in [4.69, 9.17) is 5.11 Å². The summed E-state index contributed by atoms with van der Waals surface area (Å²) in [6.45, 7) is 8.35. The van der Waals surface area contributed by atoms with Crippen LogP contribution in [0, 0.1) is 17.8 Å². The number of carbonyl (C=O) groups is 3. The number of carboxylic acid groups (broad SMARTS) is 1. The quantitative estimate of drug-likeness (QED) is 0.752. The van der Waals surface area contributed by atoms with Crippen LogP contribution in [-0.4, -0.2) is 46.9 Å². The van der Waals surface area contributed by atoms with Crippen LogP contribution in [0.2, 0.25) is 0 Å². The first-order chi connectivity index (χ1) is 9.22. The van der Waals surface area contributed by atoms with E-state index < -0.39 is 17.9 Å². The first kappa shape index (κ1) is 16.5. The molecule has 20 heavy (non-hydrogen) atoms. The summed E-state index contributed by atoms with van der Waals surface area (Å²) in [5, 5.41) is 11.6. The van der Waals surface area contributed by atoms with Crippen LogP contribution in [0.1, 0.15) is 34.1 Å². The predicted octanol–water partition coefficient (Wildman–Crippen LogP) is 0.716.